The number of carboxylic acid groups (broad SMARTS) is 1. The van der Waals surface area contributed by atoms with Gasteiger partial charge in [-0.05, 0) is 47.6 Å². The van der Waals surface area contributed by atoms with Crippen LogP contribution in [0.15, 0.2) is 107 Å². The lowest BCUT2D eigenvalue weighted by Crippen LogP contribution is -2.24. The second kappa shape index (κ2) is 12.0. The van der Waals surface area contributed by atoms with Crippen LogP contribution in [0.5, 0.6) is 5.75 Å². The van der Waals surface area contributed by atoms with E-state index in [0.29, 0.717) is 12.3 Å². The van der Waals surface area contributed by atoms with Crippen LogP contribution in [0.25, 0.3) is 0 Å². The highest BCUT2D eigenvalue weighted by Crippen LogP contribution is 2.30. The molecule has 0 aliphatic rings. The first-order valence-corrected chi connectivity index (χ1v) is 12.3. The van der Waals surface area contributed by atoms with Crippen molar-refractivity contribution in [3.05, 3.63) is 124 Å². The molecule has 0 spiro atoms. The van der Waals surface area contributed by atoms with Crippen molar-refractivity contribution in [3.8, 4) is 5.75 Å². The minimum absolute atomic E-state index is 0.0628. The third kappa shape index (κ3) is 6.83. The first-order valence-electron chi connectivity index (χ1n) is 11.4. The number of aliphatic carboxylic acids is 1. The number of hydrogen-bond acceptors (Lipinski definition) is 5. The Kier molecular flexibility index (Phi) is 8.35. The highest BCUT2D eigenvalue weighted by Gasteiger charge is 2.19. The van der Waals surface area contributed by atoms with E-state index in [0.717, 1.165) is 33.9 Å². The first-order chi connectivity index (χ1) is 17.1. The number of aromatic nitrogens is 2. The number of hydrogen-bond donors (Lipinski definition) is 1. The Morgan fingerprint density at radius 3 is 2.26 bits per heavy atom. The van der Waals surface area contributed by atoms with Gasteiger partial charge in [-0.1, -0.05) is 66.7 Å². The second-order valence-electron chi connectivity index (χ2n) is 7.93. The van der Waals surface area contributed by atoms with E-state index >= 15 is 0 Å². The molecule has 4 aromatic rings. The average Bonchev–Trinajstić information content (AvgIpc) is 2.89. The maximum atomic E-state index is 12.5. The van der Waals surface area contributed by atoms with Gasteiger partial charge in [0.2, 0.25) is 0 Å². The highest BCUT2D eigenvalue weighted by molar-refractivity contribution is 7.99. The summed E-state index contributed by atoms with van der Waals surface area (Å²) in [7, 11) is 0. The fourth-order valence-electron chi connectivity index (χ4n) is 3.81. The number of rotatable bonds is 11. The van der Waals surface area contributed by atoms with E-state index in [9.17, 15) is 9.59 Å². The van der Waals surface area contributed by atoms with E-state index in [4.69, 9.17) is 14.9 Å². The van der Waals surface area contributed by atoms with Crippen molar-refractivity contribution in [1.82, 2.24) is 9.78 Å². The van der Waals surface area contributed by atoms with Crippen LogP contribution in [0.1, 0.15) is 29.2 Å². The predicted octanol–water partition coefficient (Wildman–Crippen LogP) is 5.07. The molecule has 0 radical (unpaired) electrons. The zero-order chi connectivity index (χ0) is 24.5. The van der Waals surface area contributed by atoms with Gasteiger partial charge in [-0.3, -0.25) is 4.79 Å². The molecule has 178 valence electrons. The molecule has 0 saturated carbocycles. The molecule has 0 amide bonds. The smallest absolute Gasteiger partial charge is 0.341 e. The molecule has 0 aliphatic carbocycles. The fraction of sp³-hybridized carbons (Fsp3) is 0.179. The Labute approximate surface area is 208 Å². The summed E-state index contributed by atoms with van der Waals surface area (Å²) >= 11 is 1.63. The lowest BCUT2D eigenvalue weighted by molar-refractivity contribution is -0.139. The van der Waals surface area contributed by atoms with Crippen LogP contribution < -0.4 is 10.3 Å². The molecule has 6 nitrogen and oxygen atoms in total. The molecule has 4 rings (SSSR count). The lowest BCUT2D eigenvalue weighted by Gasteiger charge is -2.18. The molecule has 35 heavy (non-hydrogen) atoms. The van der Waals surface area contributed by atoms with Gasteiger partial charge in [-0.2, -0.15) is 5.10 Å². The van der Waals surface area contributed by atoms with Gasteiger partial charge >= 0.3 is 5.97 Å². The monoisotopic (exact) mass is 486 g/mol. The van der Waals surface area contributed by atoms with Crippen molar-refractivity contribution in [1.29, 1.82) is 0 Å². The molecular formula is C28H26N2O4S. The van der Waals surface area contributed by atoms with E-state index < -0.39 is 5.97 Å². The van der Waals surface area contributed by atoms with Gasteiger partial charge in [0.15, 0.2) is 6.61 Å². The van der Waals surface area contributed by atoms with Crippen molar-refractivity contribution in [2.24, 2.45) is 0 Å². The molecule has 3 aromatic carbocycles. The topological polar surface area (TPSA) is 81.4 Å². The van der Waals surface area contributed by atoms with Crippen molar-refractivity contribution in [3.63, 3.8) is 0 Å². The summed E-state index contributed by atoms with van der Waals surface area (Å²) < 4.78 is 6.78. The minimum Gasteiger partial charge on any atom is -0.482 e. The van der Waals surface area contributed by atoms with Gasteiger partial charge in [0.25, 0.3) is 5.56 Å². The van der Waals surface area contributed by atoms with Crippen LogP contribution in [0.2, 0.25) is 0 Å². The number of carbonyl (C=O) groups is 1. The number of carboxylic acids is 1. The van der Waals surface area contributed by atoms with Crippen molar-refractivity contribution < 1.29 is 14.6 Å². The van der Waals surface area contributed by atoms with Gasteiger partial charge < -0.3 is 9.84 Å². The summed E-state index contributed by atoms with van der Waals surface area (Å²) in [5.74, 6) is 0.231. The summed E-state index contributed by atoms with van der Waals surface area (Å²) in [5, 5.41) is 13.5. The zero-order valence-corrected chi connectivity index (χ0v) is 19.9. The molecule has 1 heterocycles. The van der Waals surface area contributed by atoms with E-state index in [1.54, 1.807) is 28.6 Å². The molecule has 1 aromatic heterocycles. The molecule has 0 atom stereocenters. The third-order valence-corrected chi connectivity index (χ3v) is 6.48. The SMILES string of the molecule is O=C(O)COc1cccc(SCCCn2nc(C(c3ccccc3)c3ccccc3)ccc2=O)c1. The third-order valence-electron chi connectivity index (χ3n) is 5.40. The van der Waals surface area contributed by atoms with Crippen molar-refractivity contribution in [2.75, 3.05) is 12.4 Å². The average molecular weight is 487 g/mol. The Morgan fingerprint density at radius 2 is 1.60 bits per heavy atom. The number of benzene rings is 3. The van der Waals surface area contributed by atoms with Crippen LogP contribution in [0, 0.1) is 0 Å². The van der Waals surface area contributed by atoms with Crippen LogP contribution in [0.4, 0.5) is 0 Å². The standard InChI is InChI=1S/C28H26N2O4S/c31-26-16-15-25(28(21-9-3-1-4-10-21)22-11-5-2-6-12-22)29-30(26)17-8-18-35-24-14-7-13-23(19-24)34-20-27(32)33/h1-7,9-16,19,28H,8,17-18,20H2,(H,32,33). The van der Waals surface area contributed by atoms with E-state index in [1.165, 1.54) is 0 Å². The lowest BCUT2D eigenvalue weighted by atomic mass is 9.88. The largest absolute Gasteiger partial charge is 0.482 e. The van der Waals surface area contributed by atoms with Crippen LogP contribution >= 0.6 is 11.8 Å². The van der Waals surface area contributed by atoms with Gasteiger partial charge in [-0.25, -0.2) is 9.48 Å². The molecule has 7 heteroatoms. The Balaban J connectivity index is 1.44. The Bertz CT molecular complexity index is 1270. The Morgan fingerprint density at radius 1 is 0.914 bits per heavy atom. The number of ether oxygens (including phenoxy) is 1. The molecular weight excluding hydrogens is 460 g/mol. The van der Waals surface area contributed by atoms with Crippen LogP contribution in [-0.4, -0.2) is 33.2 Å². The quantitative estimate of drug-likeness (QED) is 0.236. The predicted molar refractivity (Wildman–Crippen MR) is 137 cm³/mol. The van der Waals surface area contributed by atoms with Crippen LogP contribution in [0.3, 0.4) is 0 Å². The fourth-order valence-corrected chi connectivity index (χ4v) is 4.69. The number of aryl methyl sites for hydroxylation is 1. The first kappa shape index (κ1) is 24.3. The van der Waals surface area contributed by atoms with E-state index in [-0.39, 0.29) is 18.1 Å². The van der Waals surface area contributed by atoms with E-state index in [1.807, 2.05) is 60.7 Å². The highest BCUT2D eigenvalue weighted by atomic mass is 32.2. The molecule has 0 saturated heterocycles. The van der Waals surface area contributed by atoms with Crippen molar-refractivity contribution in [2.45, 2.75) is 23.8 Å². The number of thioether (sulfide) groups is 1. The molecule has 0 fully saturated rings. The normalized spacial score (nSPS) is 10.9. The van der Waals surface area contributed by atoms with Gasteiger partial charge in [0.05, 0.1) is 11.6 Å². The maximum absolute atomic E-state index is 12.5. The molecule has 0 aliphatic heterocycles. The second-order valence-corrected chi connectivity index (χ2v) is 9.10. The zero-order valence-electron chi connectivity index (χ0n) is 19.1. The van der Waals surface area contributed by atoms with E-state index in [2.05, 4.69) is 24.3 Å². The van der Waals surface area contributed by atoms with Crippen molar-refractivity contribution >= 4 is 17.7 Å². The van der Waals surface area contributed by atoms with Gasteiger partial charge in [0, 0.05) is 17.5 Å². The van der Waals surface area contributed by atoms with Gasteiger partial charge in [-0.15, -0.1) is 11.8 Å². The summed E-state index contributed by atoms with van der Waals surface area (Å²) in [6, 6.07) is 31.1. The molecule has 0 unspecified atom stereocenters. The Hall–Kier alpha value is -3.84. The summed E-state index contributed by atoms with van der Waals surface area (Å²) in [6.45, 7) is 0.136. The molecule has 0 bridgehead atoms. The number of nitrogens with zero attached hydrogens (tertiary/aromatic N) is 2. The molecule has 1 N–H and O–H groups in total. The van der Waals surface area contributed by atoms with Gasteiger partial charge in [0.1, 0.15) is 5.75 Å². The minimum atomic E-state index is -1.01. The van der Waals surface area contributed by atoms with Crippen LogP contribution in [-0.2, 0) is 11.3 Å². The summed E-state index contributed by atoms with van der Waals surface area (Å²) in [5.41, 5.74) is 2.95. The maximum Gasteiger partial charge on any atom is 0.341 e. The summed E-state index contributed by atoms with van der Waals surface area (Å²) in [6.07, 6.45) is 0.753. The summed E-state index contributed by atoms with van der Waals surface area (Å²) in [4.78, 5) is 24.2.